The van der Waals surface area contributed by atoms with Crippen LogP contribution in [0.3, 0.4) is 0 Å². The molecule has 0 amide bonds. The van der Waals surface area contributed by atoms with Crippen molar-refractivity contribution in [1.82, 2.24) is 14.9 Å². The van der Waals surface area contributed by atoms with Crippen molar-refractivity contribution in [1.29, 1.82) is 0 Å². The molecule has 1 aromatic heterocycles. The van der Waals surface area contributed by atoms with Crippen molar-refractivity contribution in [3.8, 4) is 0 Å². The van der Waals surface area contributed by atoms with Gasteiger partial charge in [0.2, 0.25) is 0 Å². The van der Waals surface area contributed by atoms with Gasteiger partial charge in [0.15, 0.2) is 0 Å². The van der Waals surface area contributed by atoms with E-state index in [4.69, 9.17) is 0 Å². The molecule has 3 nitrogen and oxygen atoms in total. The van der Waals surface area contributed by atoms with Gasteiger partial charge in [-0.15, -0.1) is 5.10 Å². The van der Waals surface area contributed by atoms with Crippen LogP contribution in [0, 0.1) is 6.92 Å². The quantitative estimate of drug-likeness (QED) is 0.879. The molecular weight excluding hydrogens is 254 g/mol. The Bertz CT molecular complexity index is 522. The maximum Gasteiger partial charge on any atom is 0.0801 e. The summed E-state index contributed by atoms with van der Waals surface area (Å²) in [6, 6.07) is 9.03. The van der Waals surface area contributed by atoms with Gasteiger partial charge in [-0.1, -0.05) is 48.2 Å². The van der Waals surface area contributed by atoms with Crippen LogP contribution >= 0.6 is 11.5 Å². The minimum absolute atomic E-state index is 0.321. The molecule has 0 fully saturated rings. The van der Waals surface area contributed by atoms with Crippen molar-refractivity contribution in [2.24, 2.45) is 0 Å². The molecule has 4 heteroatoms. The molecule has 0 saturated heterocycles. The number of benzene rings is 1. The van der Waals surface area contributed by atoms with E-state index in [9.17, 15) is 0 Å². The van der Waals surface area contributed by atoms with Crippen LogP contribution in [0.2, 0.25) is 0 Å². The second-order valence-corrected chi connectivity index (χ2v) is 5.53. The van der Waals surface area contributed by atoms with Gasteiger partial charge in [0.25, 0.3) is 0 Å². The largest absolute Gasteiger partial charge is 0.309 e. The molecule has 0 radical (unpaired) electrons. The second kappa shape index (κ2) is 6.78. The van der Waals surface area contributed by atoms with E-state index in [1.54, 1.807) is 0 Å². The standard InChI is InChI=1S/C15H21N3S/c1-4-13-15(19-18-17-13)14(16-5-2)10-12-8-6-7-11(3)9-12/h6-9,14,16H,4-5,10H2,1-3H3. The zero-order valence-corrected chi connectivity index (χ0v) is 12.6. The van der Waals surface area contributed by atoms with Crippen LogP contribution in [0.5, 0.6) is 0 Å². The molecule has 0 aliphatic rings. The first kappa shape index (κ1) is 14.2. The van der Waals surface area contributed by atoms with Crippen LogP contribution in [0.1, 0.15) is 41.6 Å². The number of aromatic nitrogens is 2. The van der Waals surface area contributed by atoms with Gasteiger partial charge in [0.1, 0.15) is 0 Å². The van der Waals surface area contributed by atoms with E-state index < -0.39 is 0 Å². The Hall–Kier alpha value is -1.26. The Labute approximate surface area is 119 Å². The summed E-state index contributed by atoms with van der Waals surface area (Å²) in [7, 11) is 0. The lowest BCUT2D eigenvalue weighted by Gasteiger charge is -2.17. The van der Waals surface area contributed by atoms with Crippen molar-refractivity contribution in [2.75, 3.05) is 6.54 Å². The second-order valence-electron chi connectivity index (χ2n) is 4.74. The molecule has 102 valence electrons. The van der Waals surface area contributed by atoms with Gasteiger partial charge >= 0.3 is 0 Å². The molecule has 0 aliphatic carbocycles. The smallest absolute Gasteiger partial charge is 0.0801 e. The Kier molecular flexibility index (Phi) is 5.05. The van der Waals surface area contributed by atoms with Crippen molar-refractivity contribution in [3.63, 3.8) is 0 Å². The molecule has 0 bridgehead atoms. The topological polar surface area (TPSA) is 37.8 Å². The predicted octanol–water partition coefficient (Wildman–Crippen LogP) is 3.30. The molecule has 2 rings (SSSR count). The fourth-order valence-electron chi connectivity index (χ4n) is 2.30. The van der Waals surface area contributed by atoms with E-state index >= 15 is 0 Å². The number of nitrogens with zero attached hydrogens (tertiary/aromatic N) is 2. The number of rotatable bonds is 6. The molecule has 1 atom stereocenters. The summed E-state index contributed by atoms with van der Waals surface area (Å²) >= 11 is 1.52. The van der Waals surface area contributed by atoms with Gasteiger partial charge in [-0.25, -0.2) is 0 Å². The third-order valence-electron chi connectivity index (χ3n) is 3.21. The number of hydrogen-bond acceptors (Lipinski definition) is 4. The van der Waals surface area contributed by atoms with Gasteiger partial charge in [-0.2, -0.15) is 0 Å². The lowest BCUT2D eigenvalue weighted by Crippen LogP contribution is -2.23. The van der Waals surface area contributed by atoms with E-state index in [1.807, 2.05) is 0 Å². The van der Waals surface area contributed by atoms with Crippen LogP contribution in [0.25, 0.3) is 0 Å². The molecule has 0 spiro atoms. The fourth-order valence-corrected chi connectivity index (χ4v) is 3.12. The minimum atomic E-state index is 0.321. The maximum absolute atomic E-state index is 4.23. The first-order valence-corrected chi connectivity index (χ1v) is 7.62. The van der Waals surface area contributed by atoms with E-state index in [0.29, 0.717) is 6.04 Å². The highest BCUT2D eigenvalue weighted by Crippen LogP contribution is 2.24. The highest BCUT2D eigenvalue weighted by atomic mass is 32.1. The summed E-state index contributed by atoms with van der Waals surface area (Å²) in [5.74, 6) is 0. The van der Waals surface area contributed by atoms with Crippen molar-refractivity contribution in [3.05, 3.63) is 46.0 Å². The number of likely N-dealkylation sites (N-methyl/N-ethyl adjacent to an activating group) is 1. The van der Waals surface area contributed by atoms with Gasteiger partial charge in [-0.05, 0) is 43.4 Å². The zero-order valence-electron chi connectivity index (χ0n) is 11.8. The molecule has 1 heterocycles. The summed E-state index contributed by atoms with van der Waals surface area (Å²) in [4.78, 5) is 1.28. The summed E-state index contributed by atoms with van der Waals surface area (Å²) < 4.78 is 4.11. The Morgan fingerprint density at radius 2 is 2.16 bits per heavy atom. The summed E-state index contributed by atoms with van der Waals surface area (Å²) in [6.07, 6.45) is 1.94. The molecule has 2 aromatic rings. The Balaban J connectivity index is 2.21. The van der Waals surface area contributed by atoms with E-state index in [-0.39, 0.29) is 0 Å². The highest BCUT2D eigenvalue weighted by molar-refractivity contribution is 7.05. The Morgan fingerprint density at radius 3 is 2.84 bits per heavy atom. The monoisotopic (exact) mass is 275 g/mol. The summed E-state index contributed by atoms with van der Waals surface area (Å²) in [6.45, 7) is 7.37. The fraction of sp³-hybridized carbons (Fsp3) is 0.467. The number of nitrogens with one attached hydrogen (secondary N) is 1. The van der Waals surface area contributed by atoms with Crippen LogP contribution in [-0.4, -0.2) is 16.1 Å². The minimum Gasteiger partial charge on any atom is -0.309 e. The average Bonchev–Trinajstić information content (AvgIpc) is 2.86. The van der Waals surface area contributed by atoms with Crippen LogP contribution in [0.4, 0.5) is 0 Å². The molecular formula is C15H21N3S. The summed E-state index contributed by atoms with van der Waals surface area (Å²) in [5.41, 5.74) is 3.80. The van der Waals surface area contributed by atoms with Gasteiger partial charge in [-0.3, -0.25) is 0 Å². The predicted molar refractivity (Wildman–Crippen MR) is 80.6 cm³/mol. The molecule has 1 aromatic carbocycles. The van der Waals surface area contributed by atoms with Gasteiger partial charge in [0, 0.05) is 6.04 Å². The lowest BCUT2D eigenvalue weighted by atomic mass is 10.0. The number of aryl methyl sites for hydroxylation is 2. The maximum atomic E-state index is 4.23. The van der Waals surface area contributed by atoms with Crippen molar-refractivity contribution < 1.29 is 0 Å². The highest BCUT2D eigenvalue weighted by Gasteiger charge is 2.18. The first-order valence-electron chi connectivity index (χ1n) is 6.84. The summed E-state index contributed by atoms with van der Waals surface area (Å²) in [5, 5.41) is 7.78. The van der Waals surface area contributed by atoms with Crippen LogP contribution in [0.15, 0.2) is 24.3 Å². The first-order chi connectivity index (χ1) is 9.24. The van der Waals surface area contributed by atoms with Crippen molar-refractivity contribution in [2.45, 2.75) is 39.7 Å². The molecule has 1 unspecified atom stereocenters. The van der Waals surface area contributed by atoms with Crippen LogP contribution < -0.4 is 5.32 Å². The molecule has 0 aliphatic heterocycles. The molecule has 19 heavy (non-hydrogen) atoms. The normalized spacial score (nSPS) is 12.6. The Morgan fingerprint density at radius 1 is 1.32 bits per heavy atom. The molecule has 1 N–H and O–H groups in total. The van der Waals surface area contributed by atoms with Crippen LogP contribution in [-0.2, 0) is 12.8 Å². The lowest BCUT2D eigenvalue weighted by molar-refractivity contribution is 0.553. The SMILES string of the molecule is CCNC(Cc1cccc(C)c1)c1snnc1CC. The molecule has 0 saturated carbocycles. The average molecular weight is 275 g/mol. The van der Waals surface area contributed by atoms with Gasteiger partial charge < -0.3 is 5.32 Å². The van der Waals surface area contributed by atoms with E-state index in [0.717, 1.165) is 25.1 Å². The van der Waals surface area contributed by atoms with E-state index in [2.05, 4.69) is 59.9 Å². The third kappa shape index (κ3) is 3.61. The van der Waals surface area contributed by atoms with Crippen molar-refractivity contribution >= 4 is 11.5 Å². The van der Waals surface area contributed by atoms with Gasteiger partial charge in [0.05, 0.1) is 10.6 Å². The zero-order chi connectivity index (χ0) is 13.7. The number of hydrogen-bond donors (Lipinski definition) is 1. The third-order valence-corrected chi connectivity index (χ3v) is 4.09. The van der Waals surface area contributed by atoms with E-state index in [1.165, 1.54) is 27.5 Å².